The molecule has 134 valence electrons. The zero-order valence-electron chi connectivity index (χ0n) is 13.7. The Bertz CT molecular complexity index is 556. The van der Waals surface area contributed by atoms with E-state index in [0.717, 1.165) is 0 Å². The fourth-order valence-electron chi connectivity index (χ4n) is 2.75. The Morgan fingerprint density at radius 1 is 1.25 bits per heavy atom. The van der Waals surface area contributed by atoms with E-state index in [1.165, 1.54) is 19.1 Å². The van der Waals surface area contributed by atoms with Crippen LogP contribution in [0.2, 0.25) is 0 Å². The third-order valence-corrected chi connectivity index (χ3v) is 3.97. The van der Waals surface area contributed by atoms with Gasteiger partial charge in [-0.1, -0.05) is 0 Å². The molecule has 5 nitrogen and oxygen atoms in total. The second kappa shape index (κ2) is 7.74. The molecular weight excluding hydrogens is 325 g/mol. The fourth-order valence-corrected chi connectivity index (χ4v) is 2.75. The van der Waals surface area contributed by atoms with Gasteiger partial charge < -0.3 is 14.8 Å². The predicted octanol–water partition coefficient (Wildman–Crippen LogP) is 2.92. The van der Waals surface area contributed by atoms with E-state index in [1.54, 1.807) is 18.2 Å². The van der Waals surface area contributed by atoms with Gasteiger partial charge in [-0.15, -0.1) is 0 Å². The summed E-state index contributed by atoms with van der Waals surface area (Å²) in [5.74, 6) is -0.705. The predicted molar refractivity (Wildman–Crippen MR) is 83.4 cm³/mol. The van der Waals surface area contributed by atoms with Crippen LogP contribution in [0.5, 0.6) is 11.5 Å². The molecule has 1 atom stereocenters. The summed E-state index contributed by atoms with van der Waals surface area (Å²) in [6.07, 6.45) is -3.66. The van der Waals surface area contributed by atoms with Gasteiger partial charge in [0, 0.05) is 30.4 Å². The standard InChI is InChI=1S/C16H21F3N2O3/c1-23-13-6-12(7-14(8-13)24-2)20-15(22)10-21-5-3-4-11(9-21)16(17,18)19/h6-8,11H,3-5,9-10H2,1-2H3,(H,20,22). The molecule has 1 aromatic carbocycles. The Balaban J connectivity index is 1.96. The van der Waals surface area contributed by atoms with Crippen LogP contribution in [0, 0.1) is 5.92 Å². The number of likely N-dealkylation sites (tertiary alicyclic amines) is 1. The number of carbonyl (C=O) groups excluding carboxylic acids is 1. The van der Waals surface area contributed by atoms with Gasteiger partial charge >= 0.3 is 6.18 Å². The molecule has 0 aliphatic carbocycles. The van der Waals surface area contributed by atoms with Crippen molar-refractivity contribution in [3.63, 3.8) is 0 Å². The molecule has 0 bridgehead atoms. The molecule has 1 amide bonds. The number of rotatable bonds is 5. The van der Waals surface area contributed by atoms with Crippen LogP contribution >= 0.6 is 0 Å². The maximum Gasteiger partial charge on any atom is 0.393 e. The maximum atomic E-state index is 12.8. The highest BCUT2D eigenvalue weighted by molar-refractivity contribution is 5.92. The van der Waals surface area contributed by atoms with E-state index >= 15 is 0 Å². The third-order valence-electron chi connectivity index (χ3n) is 3.97. The molecule has 0 radical (unpaired) electrons. The SMILES string of the molecule is COc1cc(NC(=O)CN2CCCC(C(F)(F)F)C2)cc(OC)c1. The maximum absolute atomic E-state index is 12.8. The van der Waals surface area contributed by atoms with Gasteiger partial charge in [0.05, 0.1) is 26.7 Å². The number of hydrogen-bond donors (Lipinski definition) is 1. The molecule has 1 aliphatic rings. The van der Waals surface area contributed by atoms with Crippen molar-refractivity contribution in [3.8, 4) is 11.5 Å². The molecule has 1 fully saturated rings. The van der Waals surface area contributed by atoms with Crippen LogP contribution in [-0.4, -0.2) is 50.8 Å². The van der Waals surface area contributed by atoms with Crippen LogP contribution in [0.25, 0.3) is 0 Å². The van der Waals surface area contributed by atoms with Crippen molar-refractivity contribution in [1.29, 1.82) is 0 Å². The fraction of sp³-hybridized carbons (Fsp3) is 0.562. The van der Waals surface area contributed by atoms with E-state index < -0.39 is 12.1 Å². The summed E-state index contributed by atoms with van der Waals surface area (Å²) < 4.78 is 48.7. The number of halogens is 3. The summed E-state index contributed by atoms with van der Waals surface area (Å²) in [6.45, 7) is 0.270. The first-order valence-corrected chi connectivity index (χ1v) is 7.64. The number of hydrogen-bond acceptors (Lipinski definition) is 4. The molecule has 1 aliphatic heterocycles. The molecule has 0 saturated carbocycles. The van der Waals surface area contributed by atoms with Crippen molar-refractivity contribution in [2.24, 2.45) is 5.92 Å². The molecule has 1 saturated heterocycles. The molecule has 0 spiro atoms. The molecular formula is C16H21F3N2O3. The normalized spacial score (nSPS) is 19.0. The Morgan fingerprint density at radius 2 is 1.88 bits per heavy atom. The molecule has 24 heavy (non-hydrogen) atoms. The quantitative estimate of drug-likeness (QED) is 0.891. The Hall–Kier alpha value is -1.96. The lowest BCUT2D eigenvalue weighted by molar-refractivity contribution is -0.186. The summed E-state index contributed by atoms with van der Waals surface area (Å²) in [7, 11) is 2.98. The molecule has 1 aromatic rings. The minimum atomic E-state index is -4.21. The van der Waals surface area contributed by atoms with Crippen LogP contribution in [-0.2, 0) is 4.79 Å². The van der Waals surface area contributed by atoms with E-state index in [4.69, 9.17) is 9.47 Å². The lowest BCUT2D eigenvalue weighted by Crippen LogP contribution is -2.44. The number of anilines is 1. The lowest BCUT2D eigenvalue weighted by atomic mass is 9.97. The van der Waals surface area contributed by atoms with E-state index in [9.17, 15) is 18.0 Å². The van der Waals surface area contributed by atoms with Crippen LogP contribution in [0.4, 0.5) is 18.9 Å². The van der Waals surface area contributed by atoms with Crippen LogP contribution in [0.15, 0.2) is 18.2 Å². The van der Waals surface area contributed by atoms with Gasteiger partial charge in [0.15, 0.2) is 0 Å². The number of ether oxygens (including phenoxy) is 2. The van der Waals surface area contributed by atoms with E-state index in [0.29, 0.717) is 30.2 Å². The van der Waals surface area contributed by atoms with E-state index in [-0.39, 0.29) is 25.4 Å². The van der Waals surface area contributed by atoms with Gasteiger partial charge in [-0.2, -0.15) is 13.2 Å². The minimum Gasteiger partial charge on any atom is -0.497 e. The minimum absolute atomic E-state index is 0.0773. The van der Waals surface area contributed by atoms with Crippen molar-refractivity contribution in [3.05, 3.63) is 18.2 Å². The zero-order valence-corrected chi connectivity index (χ0v) is 13.7. The highest BCUT2D eigenvalue weighted by Gasteiger charge is 2.41. The van der Waals surface area contributed by atoms with Crippen molar-refractivity contribution >= 4 is 11.6 Å². The Kier molecular flexibility index (Phi) is 5.93. The van der Waals surface area contributed by atoms with Crippen molar-refractivity contribution in [1.82, 2.24) is 4.90 Å². The second-order valence-electron chi connectivity index (χ2n) is 5.77. The van der Waals surface area contributed by atoms with Gasteiger partial charge in [-0.05, 0) is 19.4 Å². The van der Waals surface area contributed by atoms with Gasteiger partial charge in [0.25, 0.3) is 0 Å². The molecule has 1 unspecified atom stereocenters. The number of carbonyl (C=O) groups is 1. The second-order valence-corrected chi connectivity index (χ2v) is 5.77. The van der Waals surface area contributed by atoms with Gasteiger partial charge in [0.1, 0.15) is 11.5 Å². The summed E-state index contributed by atoms with van der Waals surface area (Å²) >= 11 is 0. The van der Waals surface area contributed by atoms with Crippen LogP contribution in [0.1, 0.15) is 12.8 Å². The Morgan fingerprint density at radius 3 is 2.42 bits per heavy atom. The van der Waals surface area contributed by atoms with Gasteiger partial charge in [-0.25, -0.2) is 0 Å². The molecule has 1 heterocycles. The number of alkyl halides is 3. The number of piperidine rings is 1. The average molecular weight is 346 g/mol. The van der Waals surface area contributed by atoms with E-state index in [1.807, 2.05) is 0 Å². The number of methoxy groups -OCH3 is 2. The monoisotopic (exact) mass is 346 g/mol. The molecule has 2 rings (SSSR count). The van der Waals surface area contributed by atoms with Crippen molar-refractivity contribution in [2.45, 2.75) is 19.0 Å². The first-order chi connectivity index (χ1) is 11.3. The zero-order chi connectivity index (χ0) is 17.7. The molecule has 8 heteroatoms. The summed E-state index contributed by atoms with van der Waals surface area (Å²) in [5, 5.41) is 2.67. The number of amides is 1. The average Bonchev–Trinajstić information content (AvgIpc) is 2.53. The van der Waals surface area contributed by atoms with Gasteiger partial charge in [0.2, 0.25) is 5.91 Å². The first kappa shape index (κ1) is 18.4. The lowest BCUT2D eigenvalue weighted by Gasteiger charge is -2.33. The first-order valence-electron chi connectivity index (χ1n) is 7.64. The third kappa shape index (κ3) is 5.02. The largest absolute Gasteiger partial charge is 0.497 e. The van der Waals surface area contributed by atoms with Crippen molar-refractivity contribution in [2.75, 3.05) is 39.2 Å². The summed E-state index contributed by atoms with van der Waals surface area (Å²) in [5.41, 5.74) is 0.473. The van der Waals surface area contributed by atoms with Crippen LogP contribution in [0.3, 0.4) is 0 Å². The topological polar surface area (TPSA) is 50.8 Å². The van der Waals surface area contributed by atoms with Gasteiger partial charge in [-0.3, -0.25) is 9.69 Å². The van der Waals surface area contributed by atoms with Crippen LogP contribution < -0.4 is 14.8 Å². The summed E-state index contributed by atoms with van der Waals surface area (Å²) in [4.78, 5) is 13.7. The number of nitrogens with zero attached hydrogens (tertiary/aromatic N) is 1. The smallest absolute Gasteiger partial charge is 0.393 e. The van der Waals surface area contributed by atoms with E-state index in [2.05, 4.69) is 5.32 Å². The highest BCUT2D eigenvalue weighted by Crippen LogP contribution is 2.33. The number of benzene rings is 1. The highest BCUT2D eigenvalue weighted by atomic mass is 19.4. The summed E-state index contributed by atoms with van der Waals surface area (Å²) in [6, 6.07) is 4.90. The Labute approximate surface area is 138 Å². The molecule has 1 N–H and O–H groups in total. The van der Waals surface area contributed by atoms with Crippen molar-refractivity contribution < 1.29 is 27.4 Å². The molecule has 0 aromatic heterocycles. The number of nitrogens with one attached hydrogen (secondary N) is 1.